The first kappa shape index (κ1) is 19.5. The highest BCUT2D eigenvalue weighted by Gasteiger charge is 2.19. The monoisotopic (exact) mass is 370 g/mol. The van der Waals surface area contributed by atoms with Crippen LogP contribution in [0.15, 0.2) is 28.8 Å². The van der Waals surface area contributed by atoms with Crippen molar-refractivity contribution in [1.29, 1.82) is 0 Å². The molecule has 1 aromatic heterocycles. The van der Waals surface area contributed by atoms with E-state index in [2.05, 4.69) is 33.5 Å². The molecule has 1 aromatic carbocycles. The van der Waals surface area contributed by atoms with Gasteiger partial charge in [0.2, 0.25) is 11.8 Å². The van der Waals surface area contributed by atoms with E-state index in [4.69, 9.17) is 4.52 Å². The predicted octanol–water partition coefficient (Wildman–Crippen LogP) is 4.10. The third-order valence-electron chi connectivity index (χ3n) is 5.27. The molecule has 0 bridgehead atoms. The van der Waals surface area contributed by atoms with Gasteiger partial charge in [0, 0.05) is 31.1 Å². The SMILES string of the molecule is Cc1noc(CCCC(=O)Nc2ccccc2CN(C)C2CCCCC2)n1. The molecule has 1 saturated carbocycles. The summed E-state index contributed by atoms with van der Waals surface area (Å²) >= 11 is 0. The fraction of sp³-hybridized carbons (Fsp3) is 0.571. The van der Waals surface area contributed by atoms with Gasteiger partial charge < -0.3 is 9.84 Å². The molecule has 6 heteroatoms. The van der Waals surface area contributed by atoms with E-state index in [9.17, 15) is 4.79 Å². The molecule has 0 unspecified atom stereocenters. The maximum absolute atomic E-state index is 12.4. The van der Waals surface area contributed by atoms with Gasteiger partial charge in [0.1, 0.15) is 0 Å². The Morgan fingerprint density at radius 3 is 2.78 bits per heavy atom. The lowest BCUT2D eigenvalue weighted by molar-refractivity contribution is -0.116. The number of hydrogen-bond donors (Lipinski definition) is 1. The second-order valence-electron chi connectivity index (χ2n) is 7.50. The third-order valence-corrected chi connectivity index (χ3v) is 5.27. The molecule has 1 aliphatic rings. The summed E-state index contributed by atoms with van der Waals surface area (Å²) in [4.78, 5) is 19.0. The second kappa shape index (κ2) is 9.65. The molecule has 27 heavy (non-hydrogen) atoms. The minimum Gasteiger partial charge on any atom is -0.339 e. The van der Waals surface area contributed by atoms with Crippen molar-refractivity contribution in [3.8, 4) is 0 Å². The standard InChI is InChI=1S/C21H30N4O2/c1-16-22-21(27-24-16)14-8-13-20(26)23-19-12-7-6-9-17(19)15-25(2)18-10-4-3-5-11-18/h6-7,9,12,18H,3-5,8,10-11,13-15H2,1-2H3,(H,23,26). The highest BCUT2D eigenvalue weighted by molar-refractivity contribution is 5.91. The van der Waals surface area contributed by atoms with E-state index in [1.54, 1.807) is 6.92 Å². The van der Waals surface area contributed by atoms with Gasteiger partial charge >= 0.3 is 0 Å². The fourth-order valence-corrected chi connectivity index (χ4v) is 3.75. The maximum Gasteiger partial charge on any atom is 0.226 e. The first-order chi connectivity index (χ1) is 13.1. The van der Waals surface area contributed by atoms with Gasteiger partial charge in [0.05, 0.1) is 0 Å². The van der Waals surface area contributed by atoms with Gasteiger partial charge in [0.25, 0.3) is 0 Å². The second-order valence-corrected chi connectivity index (χ2v) is 7.50. The highest BCUT2D eigenvalue weighted by Crippen LogP contribution is 2.25. The average Bonchev–Trinajstić information content (AvgIpc) is 3.09. The smallest absolute Gasteiger partial charge is 0.226 e. The third kappa shape index (κ3) is 5.89. The summed E-state index contributed by atoms with van der Waals surface area (Å²) in [6.07, 6.45) is 8.33. The van der Waals surface area contributed by atoms with Crippen LogP contribution in [0.4, 0.5) is 5.69 Å². The molecule has 1 fully saturated rings. The first-order valence-electron chi connectivity index (χ1n) is 9.99. The van der Waals surface area contributed by atoms with Gasteiger partial charge in [-0.3, -0.25) is 9.69 Å². The Morgan fingerprint density at radius 2 is 2.04 bits per heavy atom. The van der Waals surface area contributed by atoms with E-state index in [1.165, 1.54) is 37.7 Å². The number of aromatic nitrogens is 2. The van der Waals surface area contributed by atoms with E-state index >= 15 is 0 Å². The number of benzene rings is 1. The number of nitrogens with one attached hydrogen (secondary N) is 1. The maximum atomic E-state index is 12.4. The quantitative estimate of drug-likeness (QED) is 0.757. The van der Waals surface area contributed by atoms with Crippen molar-refractivity contribution in [3.63, 3.8) is 0 Å². The molecule has 1 aliphatic carbocycles. The molecule has 1 N–H and O–H groups in total. The van der Waals surface area contributed by atoms with E-state index in [1.807, 2.05) is 18.2 Å². The number of anilines is 1. The minimum absolute atomic E-state index is 0.0269. The van der Waals surface area contributed by atoms with Gasteiger partial charge in [-0.15, -0.1) is 0 Å². The van der Waals surface area contributed by atoms with E-state index < -0.39 is 0 Å². The average molecular weight is 370 g/mol. The van der Waals surface area contributed by atoms with Crippen molar-refractivity contribution in [1.82, 2.24) is 15.0 Å². The van der Waals surface area contributed by atoms with Crippen LogP contribution in [0.3, 0.4) is 0 Å². The summed E-state index contributed by atoms with van der Waals surface area (Å²) in [5.41, 5.74) is 2.09. The highest BCUT2D eigenvalue weighted by atomic mass is 16.5. The van der Waals surface area contributed by atoms with Gasteiger partial charge in [0.15, 0.2) is 5.82 Å². The molecule has 0 atom stereocenters. The molecule has 6 nitrogen and oxygen atoms in total. The Kier molecular flexibility index (Phi) is 6.98. The molecule has 0 spiro atoms. The summed E-state index contributed by atoms with van der Waals surface area (Å²) in [6.45, 7) is 2.66. The molecular weight excluding hydrogens is 340 g/mol. The van der Waals surface area contributed by atoms with Crippen LogP contribution < -0.4 is 5.32 Å². The van der Waals surface area contributed by atoms with Crippen molar-refractivity contribution >= 4 is 11.6 Å². The lowest BCUT2D eigenvalue weighted by Crippen LogP contribution is -2.33. The zero-order valence-electron chi connectivity index (χ0n) is 16.4. The van der Waals surface area contributed by atoms with Crippen LogP contribution in [0.5, 0.6) is 0 Å². The molecule has 0 radical (unpaired) electrons. The molecular formula is C21H30N4O2. The Balaban J connectivity index is 1.51. The number of carbonyl (C=O) groups is 1. The number of hydrogen-bond acceptors (Lipinski definition) is 5. The number of para-hydroxylation sites is 1. The van der Waals surface area contributed by atoms with Gasteiger partial charge in [-0.2, -0.15) is 4.98 Å². The predicted molar refractivity (Wildman–Crippen MR) is 105 cm³/mol. The summed E-state index contributed by atoms with van der Waals surface area (Å²) in [5.74, 6) is 1.25. The summed E-state index contributed by atoms with van der Waals surface area (Å²) in [6, 6.07) is 8.76. The molecule has 0 saturated heterocycles. The van der Waals surface area contributed by atoms with Crippen LogP contribution in [0.1, 0.15) is 62.2 Å². The summed E-state index contributed by atoms with van der Waals surface area (Å²) < 4.78 is 5.09. The Morgan fingerprint density at radius 1 is 1.26 bits per heavy atom. The van der Waals surface area contributed by atoms with E-state index in [0.29, 0.717) is 37.0 Å². The normalized spacial score (nSPS) is 15.2. The van der Waals surface area contributed by atoms with Crippen molar-refractivity contribution in [2.45, 2.75) is 70.9 Å². The van der Waals surface area contributed by atoms with Crippen LogP contribution in [-0.2, 0) is 17.8 Å². The Labute approximate surface area is 161 Å². The topological polar surface area (TPSA) is 71.3 Å². The van der Waals surface area contributed by atoms with Gasteiger partial charge in [-0.05, 0) is 44.9 Å². The lowest BCUT2D eigenvalue weighted by Gasteiger charge is -2.31. The largest absolute Gasteiger partial charge is 0.339 e. The first-order valence-corrected chi connectivity index (χ1v) is 9.99. The Hall–Kier alpha value is -2.21. The summed E-state index contributed by atoms with van der Waals surface area (Å²) in [7, 11) is 2.20. The molecule has 1 amide bonds. The number of aryl methyl sites for hydroxylation is 2. The summed E-state index contributed by atoms with van der Waals surface area (Å²) in [5, 5.41) is 6.85. The van der Waals surface area contributed by atoms with Crippen molar-refractivity contribution < 1.29 is 9.32 Å². The van der Waals surface area contributed by atoms with Gasteiger partial charge in [-0.1, -0.05) is 42.6 Å². The van der Waals surface area contributed by atoms with Crippen molar-refractivity contribution in [3.05, 3.63) is 41.5 Å². The molecule has 3 rings (SSSR count). The molecule has 0 aliphatic heterocycles. The van der Waals surface area contributed by atoms with Crippen LogP contribution in [0.2, 0.25) is 0 Å². The van der Waals surface area contributed by atoms with E-state index in [0.717, 1.165) is 12.2 Å². The molecule has 2 aromatic rings. The molecule has 146 valence electrons. The fourth-order valence-electron chi connectivity index (χ4n) is 3.75. The van der Waals surface area contributed by atoms with Crippen LogP contribution in [-0.4, -0.2) is 34.0 Å². The van der Waals surface area contributed by atoms with Crippen LogP contribution in [0.25, 0.3) is 0 Å². The number of amides is 1. The lowest BCUT2D eigenvalue weighted by atomic mass is 9.94. The molecule has 1 heterocycles. The zero-order valence-corrected chi connectivity index (χ0v) is 16.4. The van der Waals surface area contributed by atoms with Crippen molar-refractivity contribution in [2.75, 3.05) is 12.4 Å². The van der Waals surface area contributed by atoms with E-state index in [-0.39, 0.29) is 5.91 Å². The van der Waals surface area contributed by atoms with Crippen molar-refractivity contribution in [2.24, 2.45) is 0 Å². The number of rotatable bonds is 8. The van der Waals surface area contributed by atoms with Crippen LogP contribution in [0, 0.1) is 6.92 Å². The zero-order chi connectivity index (χ0) is 19.1. The minimum atomic E-state index is 0.0269. The van der Waals surface area contributed by atoms with Gasteiger partial charge in [-0.25, -0.2) is 0 Å². The Bertz CT molecular complexity index is 737. The number of nitrogens with zero attached hydrogens (tertiary/aromatic N) is 3. The van der Waals surface area contributed by atoms with Crippen LogP contribution >= 0.6 is 0 Å². The number of carbonyl (C=O) groups excluding carboxylic acids is 1.